The lowest BCUT2D eigenvalue weighted by Crippen LogP contribution is -2.26. The molecule has 3 rings (SSSR count). The van der Waals surface area contributed by atoms with E-state index < -0.39 is 0 Å². The topological polar surface area (TPSA) is 29.9 Å². The second-order valence-electron chi connectivity index (χ2n) is 4.86. The summed E-state index contributed by atoms with van der Waals surface area (Å²) in [7, 11) is 0. The summed E-state index contributed by atoms with van der Waals surface area (Å²) in [6.45, 7) is 3.25. The molecule has 2 aromatic rings. The van der Waals surface area contributed by atoms with Crippen molar-refractivity contribution in [2.45, 2.75) is 38.3 Å². The smallest absolute Gasteiger partial charge is 0.0960 e. The van der Waals surface area contributed by atoms with Crippen LogP contribution in [0, 0.1) is 0 Å². The summed E-state index contributed by atoms with van der Waals surface area (Å²) in [5, 5.41) is 3.55. The molecule has 3 nitrogen and oxygen atoms in total. The number of aromatic nitrogens is 2. The summed E-state index contributed by atoms with van der Waals surface area (Å²) in [5.41, 5.74) is 2.38. The van der Waals surface area contributed by atoms with Crippen LogP contribution in [0.5, 0.6) is 0 Å². The predicted octanol–water partition coefficient (Wildman–Crippen LogP) is 2.74. The van der Waals surface area contributed by atoms with Gasteiger partial charge in [-0.25, -0.2) is 4.98 Å². The fraction of sp³-hybridized carbons (Fsp3) is 0.500. The van der Waals surface area contributed by atoms with Crippen LogP contribution in [0.1, 0.15) is 32.2 Å². The number of benzene rings is 1. The molecule has 2 unspecified atom stereocenters. The third-order valence-electron chi connectivity index (χ3n) is 3.77. The second-order valence-corrected chi connectivity index (χ2v) is 4.86. The minimum atomic E-state index is 0.617. The van der Waals surface area contributed by atoms with E-state index in [2.05, 4.69) is 46.1 Å². The maximum atomic E-state index is 4.48. The molecule has 1 aromatic carbocycles. The Hall–Kier alpha value is -1.35. The highest BCUT2D eigenvalue weighted by Crippen LogP contribution is 2.32. The highest BCUT2D eigenvalue weighted by atomic mass is 15.1. The van der Waals surface area contributed by atoms with E-state index in [1.807, 2.05) is 6.33 Å². The van der Waals surface area contributed by atoms with Crippen molar-refractivity contribution in [2.24, 2.45) is 0 Å². The maximum Gasteiger partial charge on any atom is 0.0960 e. The summed E-state index contributed by atoms with van der Waals surface area (Å²) in [4.78, 5) is 4.48. The lowest BCUT2D eigenvalue weighted by atomic mass is 10.2. The van der Waals surface area contributed by atoms with Crippen LogP contribution < -0.4 is 5.32 Å². The molecule has 1 aromatic heterocycles. The first-order chi connectivity index (χ1) is 8.38. The number of hydrogen-bond donors (Lipinski definition) is 1. The quantitative estimate of drug-likeness (QED) is 0.877. The number of hydrogen-bond acceptors (Lipinski definition) is 2. The van der Waals surface area contributed by atoms with Gasteiger partial charge in [-0.2, -0.15) is 0 Å². The van der Waals surface area contributed by atoms with Gasteiger partial charge >= 0.3 is 0 Å². The molecule has 1 heterocycles. The minimum Gasteiger partial charge on any atom is -0.327 e. The zero-order chi connectivity index (χ0) is 11.7. The molecule has 1 aliphatic carbocycles. The van der Waals surface area contributed by atoms with Crippen molar-refractivity contribution in [3.63, 3.8) is 0 Å². The molecule has 1 saturated carbocycles. The molecule has 0 bridgehead atoms. The monoisotopic (exact) mass is 229 g/mol. The van der Waals surface area contributed by atoms with Crippen LogP contribution >= 0.6 is 0 Å². The molecule has 2 atom stereocenters. The molecule has 1 fully saturated rings. The van der Waals surface area contributed by atoms with Crippen molar-refractivity contribution in [2.75, 3.05) is 6.54 Å². The van der Waals surface area contributed by atoms with E-state index in [9.17, 15) is 0 Å². The fourth-order valence-corrected chi connectivity index (χ4v) is 2.95. The molecule has 0 aliphatic heterocycles. The van der Waals surface area contributed by atoms with Gasteiger partial charge < -0.3 is 9.88 Å². The standard InChI is InChI=1S/C14H19N3/c1-2-15-11-7-8-12(9-11)17-10-16-13-5-3-4-6-14(13)17/h3-6,10-12,15H,2,7-9H2,1H3. The number of rotatable bonds is 3. The van der Waals surface area contributed by atoms with E-state index >= 15 is 0 Å². The number of imidazole rings is 1. The molecule has 0 radical (unpaired) electrons. The molecule has 90 valence electrons. The average molecular weight is 229 g/mol. The second kappa shape index (κ2) is 4.49. The third kappa shape index (κ3) is 1.95. The van der Waals surface area contributed by atoms with Crippen LogP contribution in [0.2, 0.25) is 0 Å². The van der Waals surface area contributed by atoms with E-state index in [1.165, 1.54) is 24.8 Å². The van der Waals surface area contributed by atoms with Crippen LogP contribution in [0.4, 0.5) is 0 Å². The maximum absolute atomic E-state index is 4.48. The van der Waals surface area contributed by atoms with Crippen molar-refractivity contribution in [3.8, 4) is 0 Å². The Balaban J connectivity index is 1.85. The van der Waals surface area contributed by atoms with Gasteiger partial charge in [0.15, 0.2) is 0 Å². The van der Waals surface area contributed by atoms with Crippen LogP contribution in [0.15, 0.2) is 30.6 Å². The molecule has 0 saturated heterocycles. The first-order valence-electron chi connectivity index (χ1n) is 6.53. The van der Waals surface area contributed by atoms with Crippen LogP contribution in [-0.4, -0.2) is 22.1 Å². The van der Waals surface area contributed by atoms with Gasteiger partial charge in [-0.15, -0.1) is 0 Å². The number of fused-ring (bicyclic) bond motifs is 1. The molecule has 3 heteroatoms. The number of nitrogens with zero attached hydrogens (tertiary/aromatic N) is 2. The van der Waals surface area contributed by atoms with Crippen molar-refractivity contribution >= 4 is 11.0 Å². The van der Waals surface area contributed by atoms with Gasteiger partial charge in [-0.05, 0) is 37.9 Å². The third-order valence-corrected chi connectivity index (χ3v) is 3.77. The van der Waals surface area contributed by atoms with Gasteiger partial charge in [0.2, 0.25) is 0 Å². The molecule has 0 spiro atoms. The lowest BCUT2D eigenvalue weighted by molar-refractivity contribution is 0.489. The minimum absolute atomic E-state index is 0.617. The number of para-hydroxylation sites is 2. The van der Waals surface area contributed by atoms with Crippen LogP contribution in [0.25, 0.3) is 11.0 Å². The molecule has 0 amide bonds. The molecule has 1 aliphatic rings. The van der Waals surface area contributed by atoms with E-state index in [0.29, 0.717) is 12.1 Å². The van der Waals surface area contributed by atoms with Crippen molar-refractivity contribution in [3.05, 3.63) is 30.6 Å². The molecular formula is C14H19N3. The molecule has 17 heavy (non-hydrogen) atoms. The van der Waals surface area contributed by atoms with E-state index in [4.69, 9.17) is 0 Å². The first kappa shape index (κ1) is 10.8. The highest BCUT2D eigenvalue weighted by Gasteiger charge is 2.25. The predicted molar refractivity (Wildman–Crippen MR) is 70.1 cm³/mol. The number of nitrogens with one attached hydrogen (secondary N) is 1. The Kier molecular flexibility index (Phi) is 2.85. The van der Waals surface area contributed by atoms with Crippen molar-refractivity contribution in [1.82, 2.24) is 14.9 Å². The van der Waals surface area contributed by atoms with Gasteiger partial charge in [0, 0.05) is 12.1 Å². The van der Waals surface area contributed by atoms with E-state index in [-0.39, 0.29) is 0 Å². The van der Waals surface area contributed by atoms with Gasteiger partial charge in [0.05, 0.1) is 17.4 Å². The summed E-state index contributed by atoms with van der Waals surface area (Å²) in [6.07, 6.45) is 5.78. The van der Waals surface area contributed by atoms with Crippen LogP contribution in [0.3, 0.4) is 0 Å². The zero-order valence-electron chi connectivity index (χ0n) is 10.3. The Morgan fingerprint density at radius 1 is 1.35 bits per heavy atom. The van der Waals surface area contributed by atoms with Gasteiger partial charge in [0.25, 0.3) is 0 Å². The average Bonchev–Trinajstić information content (AvgIpc) is 2.95. The fourth-order valence-electron chi connectivity index (χ4n) is 2.95. The summed E-state index contributed by atoms with van der Waals surface area (Å²) in [6, 6.07) is 9.70. The zero-order valence-corrected chi connectivity index (χ0v) is 10.3. The van der Waals surface area contributed by atoms with Gasteiger partial charge in [0.1, 0.15) is 0 Å². The Morgan fingerprint density at radius 2 is 2.24 bits per heavy atom. The Morgan fingerprint density at radius 3 is 3.12 bits per heavy atom. The van der Waals surface area contributed by atoms with Gasteiger partial charge in [-0.1, -0.05) is 19.1 Å². The Labute approximate surface area is 102 Å². The van der Waals surface area contributed by atoms with E-state index in [0.717, 1.165) is 12.1 Å². The first-order valence-corrected chi connectivity index (χ1v) is 6.53. The summed E-state index contributed by atoms with van der Waals surface area (Å²) in [5.74, 6) is 0. The normalized spacial score (nSPS) is 24.5. The van der Waals surface area contributed by atoms with Gasteiger partial charge in [-0.3, -0.25) is 0 Å². The molecule has 1 N–H and O–H groups in total. The SMILES string of the molecule is CCNC1CCC(n2cnc3ccccc32)C1. The lowest BCUT2D eigenvalue weighted by Gasteiger charge is -2.14. The van der Waals surface area contributed by atoms with Crippen molar-refractivity contribution in [1.29, 1.82) is 0 Å². The molecular weight excluding hydrogens is 210 g/mol. The van der Waals surface area contributed by atoms with Crippen molar-refractivity contribution < 1.29 is 0 Å². The highest BCUT2D eigenvalue weighted by molar-refractivity contribution is 5.75. The summed E-state index contributed by atoms with van der Waals surface area (Å²) < 4.78 is 2.35. The summed E-state index contributed by atoms with van der Waals surface area (Å²) >= 11 is 0. The largest absolute Gasteiger partial charge is 0.327 e. The van der Waals surface area contributed by atoms with Crippen LogP contribution in [-0.2, 0) is 0 Å². The van der Waals surface area contributed by atoms with E-state index in [1.54, 1.807) is 0 Å². The Bertz CT molecular complexity index is 503.